The minimum absolute atomic E-state index is 0.0326. The van der Waals surface area contributed by atoms with Crippen molar-refractivity contribution < 1.29 is 4.79 Å². The zero-order valence-electron chi connectivity index (χ0n) is 15.9. The fourth-order valence-electron chi connectivity index (χ4n) is 2.87. The summed E-state index contributed by atoms with van der Waals surface area (Å²) in [5.74, 6) is -0.0326. The quantitative estimate of drug-likeness (QED) is 0.820. The van der Waals surface area contributed by atoms with Crippen LogP contribution in [0.1, 0.15) is 49.9 Å². The fourth-order valence-corrected chi connectivity index (χ4v) is 2.87. The molecule has 0 spiro atoms. The molecule has 1 unspecified atom stereocenters. The summed E-state index contributed by atoms with van der Waals surface area (Å²) in [6.45, 7) is 10.9. The van der Waals surface area contributed by atoms with Gasteiger partial charge in [-0.15, -0.1) is 0 Å². The van der Waals surface area contributed by atoms with Crippen LogP contribution in [0, 0.1) is 19.3 Å². The molecule has 1 aromatic carbocycles. The summed E-state index contributed by atoms with van der Waals surface area (Å²) in [5, 5.41) is 6.38. The molecule has 2 rings (SSSR count). The van der Waals surface area contributed by atoms with Crippen LogP contribution >= 0.6 is 0 Å². The summed E-state index contributed by atoms with van der Waals surface area (Å²) in [4.78, 5) is 16.6. The molecule has 2 N–H and O–H groups in total. The van der Waals surface area contributed by atoms with Crippen molar-refractivity contribution in [1.82, 2.24) is 10.3 Å². The fraction of sp³-hybridized carbons (Fsp3) is 0.429. The first-order valence-electron chi connectivity index (χ1n) is 8.75. The first-order valence-corrected chi connectivity index (χ1v) is 8.75. The second kappa shape index (κ2) is 8.26. The molecular weight excluding hydrogens is 310 g/mol. The highest BCUT2D eigenvalue weighted by atomic mass is 16.1. The molecule has 0 aliphatic carbocycles. The highest BCUT2D eigenvalue weighted by Crippen LogP contribution is 2.29. The number of amides is 1. The molecule has 4 nitrogen and oxygen atoms in total. The number of aromatic nitrogens is 1. The molecule has 25 heavy (non-hydrogen) atoms. The van der Waals surface area contributed by atoms with Crippen molar-refractivity contribution in [3.8, 4) is 0 Å². The maximum atomic E-state index is 12.4. The monoisotopic (exact) mass is 339 g/mol. The number of rotatable bonds is 6. The molecule has 0 radical (unpaired) electrons. The second-order valence-corrected chi connectivity index (χ2v) is 7.85. The van der Waals surface area contributed by atoms with Crippen molar-refractivity contribution in [1.29, 1.82) is 0 Å². The largest absolute Gasteiger partial charge is 0.325 e. The highest BCUT2D eigenvalue weighted by Gasteiger charge is 2.21. The zero-order chi connectivity index (χ0) is 18.4. The van der Waals surface area contributed by atoms with E-state index in [-0.39, 0.29) is 23.9 Å². The molecule has 4 heteroatoms. The van der Waals surface area contributed by atoms with Gasteiger partial charge in [-0.3, -0.25) is 9.78 Å². The van der Waals surface area contributed by atoms with Crippen molar-refractivity contribution in [2.45, 2.75) is 47.1 Å². The molecule has 134 valence electrons. The van der Waals surface area contributed by atoms with Gasteiger partial charge in [-0.05, 0) is 48.9 Å². The lowest BCUT2D eigenvalue weighted by molar-refractivity contribution is -0.115. The van der Waals surface area contributed by atoms with Gasteiger partial charge in [-0.25, -0.2) is 0 Å². The van der Waals surface area contributed by atoms with Crippen LogP contribution in [-0.2, 0) is 4.79 Å². The van der Waals surface area contributed by atoms with Crippen molar-refractivity contribution >= 4 is 11.6 Å². The number of nitrogens with one attached hydrogen (secondary N) is 2. The summed E-state index contributed by atoms with van der Waals surface area (Å²) in [6.07, 6.45) is 4.56. The Balaban J connectivity index is 2.00. The van der Waals surface area contributed by atoms with Crippen molar-refractivity contribution in [3.63, 3.8) is 0 Å². The lowest BCUT2D eigenvalue weighted by Crippen LogP contribution is -2.33. The zero-order valence-corrected chi connectivity index (χ0v) is 15.9. The van der Waals surface area contributed by atoms with E-state index < -0.39 is 0 Å². The second-order valence-electron chi connectivity index (χ2n) is 7.85. The minimum atomic E-state index is -0.0326. The van der Waals surface area contributed by atoms with Crippen LogP contribution in [0.5, 0.6) is 0 Å². The van der Waals surface area contributed by atoms with Gasteiger partial charge in [0.05, 0.1) is 6.54 Å². The molecule has 1 atom stereocenters. The number of pyridine rings is 1. The molecule has 0 aliphatic rings. The van der Waals surface area contributed by atoms with Gasteiger partial charge in [-0.2, -0.15) is 0 Å². The lowest BCUT2D eigenvalue weighted by Gasteiger charge is -2.27. The predicted molar refractivity (Wildman–Crippen MR) is 104 cm³/mol. The number of hydrogen-bond acceptors (Lipinski definition) is 3. The van der Waals surface area contributed by atoms with E-state index >= 15 is 0 Å². The highest BCUT2D eigenvalue weighted by molar-refractivity contribution is 5.93. The normalized spacial score (nSPS) is 12.7. The predicted octanol–water partition coefficient (Wildman–Crippen LogP) is 4.40. The smallest absolute Gasteiger partial charge is 0.238 e. The van der Waals surface area contributed by atoms with E-state index in [0.717, 1.165) is 23.2 Å². The third kappa shape index (κ3) is 6.31. The van der Waals surface area contributed by atoms with E-state index in [4.69, 9.17) is 0 Å². The standard InChI is InChI=1S/C21H29N3O/c1-15-8-9-18(16(2)11-15)24-20(25)14-23-19(12-21(3,4)5)17-7-6-10-22-13-17/h6-11,13,19,23H,12,14H2,1-5H3,(H,24,25). The van der Waals surface area contributed by atoms with Gasteiger partial charge in [0.15, 0.2) is 0 Å². The molecular formula is C21H29N3O. The lowest BCUT2D eigenvalue weighted by atomic mass is 9.86. The Kier molecular flexibility index (Phi) is 6.32. The average molecular weight is 339 g/mol. The number of nitrogens with zero attached hydrogens (tertiary/aromatic N) is 1. The molecule has 0 saturated carbocycles. The molecule has 2 aromatic rings. The Labute approximate surface area is 151 Å². The number of carbonyl (C=O) groups is 1. The van der Waals surface area contributed by atoms with Gasteiger partial charge in [0.1, 0.15) is 0 Å². The third-order valence-electron chi connectivity index (χ3n) is 4.07. The summed E-state index contributed by atoms with van der Waals surface area (Å²) < 4.78 is 0. The van der Waals surface area contributed by atoms with Crippen molar-refractivity contribution in [3.05, 3.63) is 59.4 Å². The molecule has 0 saturated heterocycles. The summed E-state index contributed by atoms with van der Waals surface area (Å²) in [5.41, 5.74) is 4.39. The maximum absolute atomic E-state index is 12.4. The Hall–Kier alpha value is -2.20. The van der Waals surface area contributed by atoms with Crippen LogP contribution in [-0.4, -0.2) is 17.4 Å². The van der Waals surface area contributed by atoms with Crippen molar-refractivity contribution in [2.75, 3.05) is 11.9 Å². The topological polar surface area (TPSA) is 54.0 Å². The van der Waals surface area contributed by atoms with Crippen molar-refractivity contribution in [2.24, 2.45) is 5.41 Å². The Morgan fingerprint density at radius 3 is 2.56 bits per heavy atom. The number of carbonyl (C=O) groups excluding carboxylic acids is 1. The van der Waals surface area contributed by atoms with Crippen LogP contribution in [0.3, 0.4) is 0 Å². The molecule has 1 heterocycles. The van der Waals surface area contributed by atoms with Gasteiger partial charge < -0.3 is 10.6 Å². The maximum Gasteiger partial charge on any atom is 0.238 e. The van der Waals surface area contributed by atoms with Crippen LogP contribution in [0.15, 0.2) is 42.7 Å². The number of anilines is 1. The summed E-state index contributed by atoms with van der Waals surface area (Å²) in [7, 11) is 0. The summed E-state index contributed by atoms with van der Waals surface area (Å²) >= 11 is 0. The van der Waals surface area contributed by atoms with Crippen LogP contribution in [0.4, 0.5) is 5.69 Å². The summed E-state index contributed by atoms with van der Waals surface area (Å²) in [6, 6.07) is 10.1. The van der Waals surface area contributed by atoms with E-state index in [0.29, 0.717) is 0 Å². The molecule has 1 aromatic heterocycles. The van der Waals surface area contributed by atoms with E-state index in [1.54, 1.807) is 6.20 Å². The Bertz CT molecular complexity index is 705. The van der Waals surface area contributed by atoms with Gasteiger partial charge in [0.25, 0.3) is 0 Å². The van der Waals surface area contributed by atoms with E-state index in [1.807, 2.05) is 38.2 Å². The van der Waals surface area contributed by atoms with Gasteiger partial charge in [-0.1, -0.05) is 44.5 Å². The van der Waals surface area contributed by atoms with Gasteiger partial charge in [0, 0.05) is 24.1 Å². The SMILES string of the molecule is Cc1ccc(NC(=O)CNC(CC(C)(C)C)c2cccnc2)c(C)c1. The average Bonchev–Trinajstić information content (AvgIpc) is 2.54. The van der Waals surface area contributed by atoms with E-state index in [1.165, 1.54) is 5.56 Å². The minimum Gasteiger partial charge on any atom is -0.325 e. The first-order chi connectivity index (χ1) is 11.7. The van der Waals surface area contributed by atoms with E-state index in [9.17, 15) is 4.79 Å². The molecule has 0 aliphatic heterocycles. The number of benzene rings is 1. The van der Waals surface area contributed by atoms with Gasteiger partial charge >= 0.3 is 0 Å². The van der Waals surface area contributed by atoms with Crippen LogP contribution < -0.4 is 10.6 Å². The molecule has 1 amide bonds. The Morgan fingerprint density at radius 2 is 1.96 bits per heavy atom. The van der Waals surface area contributed by atoms with Crippen LogP contribution in [0.2, 0.25) is 0 Å². The molecule has 0 bridgehead atoms. The Morgan fingerprint density at radius 1 is 1.20 bits per heavy atom. The number of aryl methyl sites for hydroxylation is 2. The van der Waals surface area contributed by atoms with Crippen LogP contribution in [0.25, 0.3) is 0 Å². The third-order valence-corrected chi connectivity index (χ3v) is 4.07. The first kappa shape index (κ1) is 19.1. The molecule has 0 fully saturated rings. The van der Waals surface area contributed by atoms with E-state index in [2.05, 4.69) is 48.5 Å². The van der Waals surface area contributed by atoms with Gasteiger partial charge in [0.2, 0.25) is 5.91 Å². The number of hydrogen-bond donors (Lipinski definition) is 2.